The van der Waals surface area contributed by atoms with Crippen LogP contribution in [0.25, 0.3) is 0 Å². The van der Waals surface area contributed by atoms with E-state index in [0.717, 1.165) is 23.0 Å². The molecular formula is C28H30Cl2F3IN2O2. The van der Waals surface area contributed by atoms with Crippen LogP contribution in [-0.4, -0.2) is 50.3 Å². The molecule has 1 aliphatic heterocycles. The second kappa shape index (κ2) is 12.6. The number of rotatable bonds is 9. The standard InChI is InChI=1S/C28H30Cl2F3IN2O2/c1-4-13-27(34)15-24(20-7-6-8-22(30)14-20)25(19-9-11-21(29)12-10-19)36(26(27)38)23(5-2)16-35(18(3)37)17-28(31,32)33/h4,6-12,14,23-25H,1,5,13,15-17H2,2-3H3/t23?,24-,25-,27-/m1/s1. The molecule has 3 rings (SSSR count). The number of nitrogens with zero attached hydrogens (tertiary/aromatic N) is 2. The van der Waals surface area contributed by atoms with Crippen LogP contribution in [0.3, 0.4) is 0 Å². The minimum atomic E-state index is -4.56. The van der Waals surface area contributed by atoms with E-state index in [2.05, 4.69) is 29.2 Å². The second-order valence-electron chi connectivity index (χ2n) is 9.61. The minimum Gasteiger partial charge on any atom is -0.332 e. The Kier molecular flexibility index (Phi) is 10.2. The van der Waals surface area contributed by atoms with Gasteiger partial charge in [-0.05, 0) is 54.7 Å². The molecule has 0 aliphatic carbocycles. The Bertz CT molecular complexity index is 1160. The highest BCUT2D eigenvalue weighted by atomic mass is 127. The smallest absolute Gasteiger partial charge is 0.332 e. The van der Waals surface area contributed by atoms with Gasteiger partial charge in [-0.3, -0.25) is 9.59 Å². The fourth-order valence-corrected chi connectivity index (χ4v) is 6.56. The zero-order chi connectivity index (χ0) is 28.3. The van der Waals surface area contributed by atoms with Crippen molar-refractivity contribution in [1.82, 2.24) is 9.80 Å². The highest BCUT2D eigenvalue weighted by Crippen LogP contribution is 2.52. The summed E-state index contributed by atoms with van der Waals surface area (Å²) in [6.45, 7) is 5.14. The van der Waals surface area contributed by atoms with Gasteiger partial charge in [-0.1, -0.05) is 83.1 Å². The Morgan fingerprint density at radius 2 is 1.87 bits per heavy atom. The van der Waals surface area contributed by atoms with Crippen molar-refractivity contribution in [2.45, 2.75) is 60.7 Å². The molecule has 2 aromatic rings. The molecule has 0 spiro atoms. The average molecular weight is 681 g/mol. The zero-order valence-electron chi connectivity index (χ0n) is 21.1. The number of piperidine rings is 1. The number of halogens is 6. The van der Waals surface area contributed by atoms with E-state index in [1.54, 1.807) is 29.2 Å². The van der Waals surface area contributed by atoms with Gasteiger partial charge in [-0.25, -0.2) is 0 Å². The summed E-state index contributed by atoms with van der Waals surface area (Å²) >= 11 is 14.7. The number of hydrogen-bond donors (Lipinski definition) is 0. The van der Waals surface area contributed by atoms with Crippen molar-refractivity contribution in [3.63, 3.8) is 0 Å². The summed E-state index contributed by atoms with van der Waals surface area (Å²) in [5.74, 6) is -1.13. The van der Waals surface area contributed by atoms with Crippen molar-refractivity contribution >= 4 is 57.6 Å². The van der Waals surface area contributed by atoms with Crippen LogP contribution >= 0.6 is 45.8 Å². The molecule has 1 heterocycles. The number of amides is 2. The molecule has 0 N–H and O–H groups in total. The predicted molar refractivity (Wildman–Crippen MR) is 154 cm³/mol. The highest BCUT2D eigenvalue weighted by Gasteiger charge is 2.52. The summed E-state index contributed by atoms with van der Waals surface area (Å²) in [6, 6.07) is 13.4. The quantitative estimate of drug-likeness (QED) is 0.153. The lowest BCUT2D eigenvalue weighted by molar-refractivity contribution is -0.163. The van der Waals surface area contributed by atoms with Gasteiger partial charge in [-0.15, -0.1) is 6.58 Å². The van der Waals surface area contributed by atoms with Gasteiger partial charge in [0.15, 0.2) is 0 Å². The van der Waals surface area contributed by atoms with Gasteiger partial charge in [0.2, 0.25) is 11.8 Å². The molecule has 206 valence electrons. The topological polar surface area (TPSA) is 40.6 Å². The first-order chi connectivity index (χ1) is 17.8. The van der Waals surface area contributed by atoms with Crippen LogP contribution in [0.15, 0.2) is 61.2 Å². The van der Waals surface area contributed by atoms with Crippen LogP contribution < -0.4 is 0 Å². The minimum absolute atomic E-state index is 0.196. The van der Waals surface area contributed by atoms with Crippen LogP contribution in [0.1, 0.15) is 56.2 Å². The molecule has 0 radical (unpaired) electrons. The third-order valence-corrected chi connectivity index (χ3v) is 8.74. The Morgan fingerprint density at radius 1 is 1.21 bits per heavy atom. The molecule has 4 atom stereocenters. The molecule has 1 fully saturated rings. The maximum Gasteiger partial charge on any atom is 0.406 e. The van der Waals surface area contributed by atoms with Crippen molar-refractivity contribution in [3.8, 4) is 0 Å². The monoisotopic (exact) mass is 680 g/mol. The van der Waals surface area contributed by atoms with Gasteiger partial charge < -0.3 is 9.80 Å². The highest BCUT2D eigenvalue weighted by molar-refractivity contribution is 14.1. The normalized spacial score (nSPS) is 22.7. The summed E-state index contributed by atoms with van der Waals surface area (Å²) in [5, 5.41) is 1.07. The molecule has 1 aliphatic rings. The molecular weight excluding hydrogens is 651 g/mol. The molecule has 2 amide bonds. The molecule has 0 saturated carbocycles. The van der Waals surface area contributed by atoms with Crippen LogP contribution in [0.5, 0.6) is 0 Å². The van der Waals surface area contributed by atoms with E-state index in [-0.39, 0.29) is 18.4 Å². The Labute approximate surface area is 245 Å². The van der Waals surface area contributed by atoms with Gasteiger partial charge in [-0.2, -0.15) is 13.2 Å². The summed E-state index contributed by atoms with van der Waals surface area (Å²) in [7, 11) is 0. The van der Waals surface area contributed by atoms with E-state index >= 15 is 0 Å². The van der Waals surface area contributed by atoms with Gasteiger partial charge in [0, 0.05) is 35.5 Å². The third-order valence-electron chi connectivity index (χ3n) is 6.91. The fraction of sp³-hybridized carbons (Fsp3) is 0.429. The van der Waals surface area contributed by atoms with E-state index in [1.165, 1.54) is 0 Å². The van der Waals surface area contributed by atoms with E-state index in [4.69, 9.17) is 23.2 Å². The summed E-state index contributed by atoms with van der Waals surface area (Å²) in [6.07, 6.45) is -1.68. The SMILES string of the molecule is C=CC[C@@]1(I)C[C@H](c2cccc(Cl)c2)[C@@H](c2ccc(Cl)cc2)N(C(CC)CN(CC(F)(F)F)C(C)=O)C1=O. The molecule has 38 heavy (non-hydrogen) atoms. The van der Waals surface area contributed by atoms with Crippen molar-refractivity contribution in [3.05, 3.63) is 82.4 Å². The number of allylic oxidation sites excluding steroid dienone is 1. The molecule has 4 nitrogen and oxygen atoms in total. The lowest BCUT2D eigenvalue weighted by Crippen LogP contribution is -2.59. The zero-order valence-corrected chi connectivity index (χ0v) is 24.8. The Balaban J connectivity index is 2.20. The maximum absolute atomic E-state index is 14.3. The number of benzene rings is 2. The van der Waals surface area contributed by atoms with E-state index < -0.39 is 34.1 Å². The van der Waals surface area contributed by atoms with Crippen LogP contribution in [-0.2, 0) is 9.59 Å². The predicted octanol–water partition coefficient (Wildman–Crippen LogP) is 7.99. The first-order valence-corrected chi connectivity index (χ1v) is 14.1. The number of alkyl halides is 4. The van der Waals surface area contributed by atoms with E-state index in [1.807, 2.05) is 37.3 Å². The first-order valence-electron chi connectivity index (χ1n) is 12.3. The fourth-order valence-electron chi connectivity index (χ4n) is 5.17. The maximum atomic E-state index is 14.3. The van der Waals surface area contributed by atoms with Gasteiger partial charge in [0.1, 0.15) is 9.97 Å². The lowest BCUT2D eigenvalue weighted by Gasteiger charge is -2.52. The number of carbonyl (C=O) groups excluding carboxylic acids is 2. The molecule has 1 unspecified atom stereocenters. The second-order valence-corrected chi connectivity index (χ2v) is 12.5. The first kappa shape index (κ1) is 30.8. The van der Waals surface area contributed by atoms with Crippen LogP contribution in [0.4, 0.5) is 13.2 Å². The largest absolute Gasteiger partial charge is 0.406 e. The van der Waals surface area contributed by atoms with Crippen molar-refractivity contribution < 1.29 is 22.8 Å². The van der Waals surface area contributed by atoms with E-state index in [9.17, 15) is 22.8 Å². The van der Waals surface area contributed by atoms with E-state index in [0.29, 0.717) is 29.3 Å². The van der Waals surface area contributed by atoms with Gasteiger partial charge in [0.25, 0.3) is 0 Å². The van der Waals surface area contributed by atoms with Gasteiger partial charge in [0.05, 0.1) is 6.04 Å². The van der Waals surface area contributed by atoms with Gasteiger partial charge >= 0.3 is 6.18 Å². The number of hydrogen-bond acceptors (Lipinski definition) is 2. The molecule has 2 aromatic carbocycles. The summed E-state index contributed by atoms with van der Waals surface area (Å²) in [5.41, 5.74) is 1.71. The number of likely N-dealkylation sites (tertiary alicyclic amines) is 1. The molecule has 10 heteroatoms. The van der Waals surface area contributed by atoms with Crippen molar-refractivity contribution in [2.75, 3.05) is 13.1 Å². The number of carbonyl (C=O) groups is 2. The Hall–Kier alpha value is -1.78. The third kappa shape index (κ3) is 7.24. The summed E-state index contributed by atoms with van der Waals surface area (Å²) < 4.78 is 39.2. The lowest BCUT2D eigenvalue weighted by atomic mass is 9.74. The van der Waals surface area contributed by atoms with Crippen LogP contribution in [0, 0.1) is 0 Å². The Morgan fingerprint density at radius 3 is 2.39 bits per heavy atom. The molecule has 0 aromatic heterocycles. The van der Waals surface area contributed by atoms with Crippen molar-refractivity contribution in [2.24, 2.45) is 0 Å². The average Bonchev–Trinajstić information content (AvgIpc) is 2.83. The van der Waals surface area contributed by atoms with Crippen LogP contribution in [0.2, 0.25) is 10.0 Å². The summed E-state index contributed by atoms with van der Waals surface area (Å²) in [4.78, 5) is 29.0. The molecule has 1 saturated heterocycles. The van der Waals surface area contributed by atoms with Crippen molar-refractivity contribution in [1.29, 1.82) is 0 Å². The molecule has 0 bridgehead atoms.